The maximum atomic E-state index is 11.8. The fourth-order valence-electron chi connectivity index (χ4n) is 1.61. The van der Waals surface area contributed by atoms with Crippen LogP contribution in [0.3, 0.4) is 0 Å². The monoisotopic (exact) mass is 336 g/mol. The lowest BCUT2D eigenvalue weighted by molar-refractivity contribution is -0.124. The quantitative estimate of drug-likeness (QED) is 0.756. The minimum absolute atomic E-state index is 0.176. The molecule has 2 amide bonds. The first-order chi connectivity index (χ1) is 11.1. The molecule has 0 aliphatic rings. The van der Waals surface area contributed by atoms with Crippen LogP contribution < -0.4 is 10.6 Å². The van der Waals surface area contributed by atoms with E-state index in [2.05, 4.69) is 10.6 Å². The Bertz CT molecular complexity index is 678. The molecule has 7 nitrogen and oxygen atoms in total. The first-order valence-corrected chi connectivity index (χ1v) is 7.80. The topological polar surface area (TPSA) is 97.6 Å². The fraction of sp³-hybridized carbons (Fsp3) is 0.267. The minimum Gasteiger partial charge on any atom is -0.459 e. The number of hydrogen-bond acceptors (Lipinski definition) is 6. The molecule has 23 heavy (non-hydrogen) atoms. The molecule has 2 aromatic heterocycles. The van der Waals surface area contributed by atoms with Gasteiger partial charge in [0.1, 0.15) is 4.88 Å². The third kappa shape index (κ3) is 4.96. The molecule has 122 valence electrons. The Balaban J connectivity index is 1.85. The number of hydrogen-bond donors (Lipinski definition) is 2. The number of amides is 2. The van der Waals surface area contributed by atoms with Crippen molar-refractivity contribution in [2.24, 2.45) is 0 Å². The Labute approximate surface area is 136 Å². The second-order valence-electron chi connectivity index (χ2n) is 4.52. The van der Waals surface area contributed by atoms with Crippen LogP contribution in [0.2, 0.25) is 0 Å². The van der Waals surface area contributed by atoms with Crippen LogP contribution in [0.15, 0.2) is 34.9 Å². The molecular weight excluding hydrogens is 320 g/mol. The molecule has 0 aliphatic heterocycles. The summed E-state index contributed by atoms with van der Waals surface area (Å²) in [7, 11) is 0. The largest absolute Gasteiger partial charge is 0.459 e. The molecule has 2 aromatic rings. The molecule has 0 spiro atoms. The summed E-state index contributed by atoms with van der Waals surface area (Å²) < 4.78 is 9.88. The Morgan fingerprint density at radius 3 is 2.78 bits per heavy atom. The molecule has 0 aromatic carbocycles. The minimum atomic E-state index is -0.611. The lowest BCUT2D eigenvalue weighted by Gasteiger charge is -2.04. The summed E-state index contributed by atoms with van der Waals surface area (Å²) in [6.07, 6.45) is 2.21. The summed E-state index contributed by atoms with van der Waals surface area (Å²) in [5.74, 6) is -1.19. The van der Waals surface area contributed by atoms with E-state index in [1.165, 1.54) is 18.4 Å². The highest BCUT2D eigenvalue weighted by molar-refractivity contribution is 7.18. The van der Waals surface area contributed by atoms with Gasteiger partial charge in [-0.1, -0.05) is 6.92 Å². The number of anilines is 1. The summed E-state index contributed by atoms with van der Waals surface area (Å²) in [6.45, 7) is 2.14. The van der Waals surface area contributed by atoms with Crippen molar-refractivity contribution in [3.63, 3.8) is 0 Å². The molecule has 0 saturated carbocycles. The Hall–Kier alpha value is -2.61. The van der Waals surface area contributed by atoms with Crippen molar-refractivity contribution in [2.75, 3.05) is 18.5 Å². The van der Waals surface area contributed by atoms with Gasteiger partial charge in [0.25, 0.3) is 11.8 Å². The SMILES string of the molecule is CCCNC(=O)COC(=O)c1ccc(NC(=O)c2ccco2)s1. The van der Waals surface area contributed by atoms with Crippen molar-refractivity contribution in [2.45, 2.75) is 13.3 Å². The third-order valence-electron chi connectivity index (χ3n) is 2.70. The molecule has 8 heteroatoms. The maximum absolute atomic E-state index is 11.8. The van der Waals surface area contributed by atoms with E-state index in [1.54, 1.807) is 12.1 Å². The second-order valence-corrected chi connectivity index (χ2v) is 5.61. The zero-order chi connectivity index (χ0) is 16.7. The van der Waals surface area contributed by atoms with Crippen LogP contribution in [0, 0.1) is 0 Å². The number of esters is 1. The highest BCUT2D eigenvalue weighted by atomic mass is 32.1. The molecule has 0 aliphatic carbocycles. The number of thiophene rings is 1. The summed E-state index contributed by atoms with van der Waals surface area (Å²) in [6, 6.07) is 6.25. The van der Waals surface area contributed by atoms with Crippen LogP contribution in [0.5, 0.6) is 0 Å². The number of furan rings is 1. The normalized spacial score (nSPS) is 10.1. The van der Waals surface area contributed by atoms with Crippen molar-refractivity contribution in [1.82, 2.24) is 5.32 Å². The molecule has 2 N–H and O–H groups in total. The smallest absolute Gasteiger partial charge is 0.348 e. The first kappa shape index (κ1) is 16.8. The van der Waals surface area contributed by atoms with Crippen LogP contribution in [-0.4, -0.2) is 30.9 Å². The fourth-order valence-corrected chi connectivity index (χ4v) is 2.41. The van der Waals surface area contributed by atoms with E-state index in [4.69, 9.17) is 9.15 Å². The highest BCUT2D eigenvalue weighted by Crippen LogP contribution is 2.23. The molecule has 0 fully saturated rings. The second kappa shape index (κ2) is 8.14. The number of ether oxygens (including phenoxy) is 1. The van der Waals surface area contributed by atoms with Gasteiger partial charge in [-0.2, -0.15) is 0 Å². The van der Waals surface area contributed by atoms with Gasteiger partial charge in [-0.15, -0.1) is 11.3 Å². The van der Waals surface area contributed by atoms with Crippen molar-refractivity contribution in [1.29, 1.82) is 0 Å². The predicted molar refractivity (Wildman–Crippen MR) is 84.6 cm³/mol. The lowest BCUT2D eigenvalue weighted by Crippen LogP contribution is -2.29. The van der Waals surface area contributed by atoms with Gasteiger partial charge in [-0.05, 0) is 30.7 Å². The van der Waals surface area contributed by atoms with Crippen molar-refractivity contribution >= 4 is 34.1 Å². The zero-order valence-electron chi connectivity index (χ0n) is 12.5. The van der Waals surface area contributed by atoms with Gasteiger partial charge in [0.15, 0.2) is 12.4 Å². The van der Waals surface area contributed by atoms with E-state index in [0.717, 1.165) is 17.8 Å². The molecule has 0 atom stereocenters. The number of rotatable bonds is 7. The van der Waals surface area contributed by atoms with E-state index in [-0.39, 0.29) is 18.3 Å². The molecule has 0 saturated heterocycles. The van der Waals surface area contributed by atoms with Crippen LogP contribution in [0.25, 0.3) is 0 Å². The predicted octanol–water partition coefficient (Wildman–Crippen LogP) is 2.28. The summed E-state index contributed by atoms with van der Waals surface area (Å²) >= 11 is 1.06. The van der Waals surface area contributed by atoms with Gasteiger partial charge in [-0.3, -0.25) is 9.59 Å². The van der Waals surface area contributed by atoms with Gasteiger partial charge < -0.3 is 19.8 Å². The zero-order valence-corrected chi connectivity index (χ0v) is 13.3. The molecule has 0 radical (unpaired) electrons. The third-order valence-corrected chi connectivity index (χ3v) is 3.68. The van der Waals surface area contributed by atoms with E-state index in [9.17, 15) is 14.4 Å². The first-order valence-electron chi connectivity index (χ1n) is 6.98. The van der Waals surface area contributed by atoms with E-state index in [0.29, 0.717) is 16.4 Å². The molecule has 0 bridgehead atoms. The number of carbonyl (C=O) groups is 3. The van der Waals surface area contributed by atoms with Gasteiger partial charge >= 0.3 is 5.97 Å². The Morgan fingerprint density at radius 2 is 2.09 bits per heavy atom. The summed E-state index contributed by atoms with van der Waals surface area (Å²) in [5, 5.41) is 5.70. The highest BCUT2D eigenvalue weighted by Gasteiger charge is 2.15. The van der Waals surface area contributed by atoms with E-state index >= 15 is 0 Å². The van der Waals surface area contributed by atoms with Gasteiger partial charge in [0.05, 0.1) is 11.3 Å². The Kier molecular flexibility index (Phi) is 5.93. The standard InChI is InChI=1S/C15H16N2O5S/c1-2-7-16-12(18)9-22-15(20)11-5-6-13(23-11)17-14(19)10-4-3-8-21-10/h3-6,8H,2,7,9H2,1H3,(H,16,18)(H,17,19). The van der Waals surface area contributed by atoms with Crippen LogP contribution in [0.1, 0.15) is 33.6 Å². The number of carbonyl (C=O) groups excluding carboxylic acids is 3. The molecule has 2 rings (SSSR count). The van der Waals surface area contributed by atoms with Crippen molar-refractivity contribution in [3.05, 3.63) is 41.2 Å². The molecule has 2 heterocycles. The maximum Gasteiger partial charge on any atom is 0.348 e. The average molecular weight is 336 g/mol. The molecule has 0 unspecified atom stereocenters. The lowest BCUT2D eigenvalue weighted by atomic mass is 10.4. The average Bonchev–Trinajstić information content (AvgIpc) is 3.21. The van der Waals surface area contributed by atoms with E-state index < -0.39 is 11.9 Å². The van der Waals surface area contributed by atoms with Gasteiger partial charge in [-0.25, -0.2) is 4.79 Å². The molecular formula is C15H16N2O5S. The van der Waals surface area contributed by atoms with Crippen LogP contribution in [-0.2, 0) is 9.53 Å². The van der Waals surface area contributed by atoms with E-state index in [1.807, 2.05) is 6.92 Å². The van der Waals surface area contributed by atoms with Gasteiger partial charge in [0.2, 0.25) is 0 Å². The summed E-state index contributed by atoms with van der Waals surface area (Å²) in [5.41, 5.74) is 0. The number of nitrogens with one attached hydrogen (secondary N) is 2. The van der Waals surface area contributed by atoms with Crippen LogP contribution >= 0.6 is 11.3 Å². The van der Waals surface area contributed by atoms with Crippen LogP contribution in [0.4, 0.5) is 5.00 Å². The summed E-state index contributed by atoms with van der Waals surface area (Å²) in [4.78, 5) is 35.3. The van der Waals surface area contributed by atoms with Gasteiger partial charge in [0, 0.05) is 6.54 Å². The van der Waals surface area contributed by atoms with Crippen molar-refractivity contribution < 1.29 is 23.5 Å². The van der Waals surface area contributed by atoms with Crippen molar-refractivity contribution in [3.8, 4) is 0 Å². The Morgan fingerprint density at radius 1 is 1.26 bits per heavy atom.